The second kappa shape index (κ2) is 7.80. The van der Waals surface area contributed by atoms with Crippen molar-refractivity contribution in [1.29, 1.82) is 0 Å². The molecule has 112 valence electrons. The lowest BCUT2D eigenvalue weighted by Crippen LogP contribution is -2.26. The summed E-state index contributed by atoms with van der Waals surface area (Å²) in [5.74, 6) is 0.601. The molecule has 2 unspecified atom stereocenters. The van der Waals surface area contributed by atoms with Crippen molar-refractivity contribution < 1.29 is 4.74 Å². The average Bonchev–Trinajstić information content (AvgIpc) is 2.96. The van der Waals surface area contributed by atoms with Crippen molar-refractivity contribution in [3.05, 3.63) is 35.4 Å². The number of ether oxygens (including phenoxy) is 1. The average molecular weight is 275 g/mol. The molecule has 2 rings (SSSR count). The number of nitrogens with one attached hydrogen (secondary N) is 1. The van der Waals surface area contributed by atoms with Gasteiger partial charge in [0.15, 0.2) is 0 Å². The highest BCUT2D eigenvalue weighted by Gasteiger charge is 2.21. The van der Waals surface area contributed by atoms with E-state index in [1.165, 1.54) is 30.4 Å². The van der Waals surface area contributed by atoms with E-state index in [1.54, 1.807) is 0 Å². The molecule has 0 aliphatic carbocycles. The van der Waals surface area contributed by atoms with Crippen molar-refractivity contribution in [3.8, 4) is 0 Å². The van der Waals surface area contributed by atoms with Crippen LogP contribution in [-0.4, -0.2) is 19.3 Å². The molecule has 1 fully saturated rings. The van der Waals surface area contributed by atoms with Gasteiger partial charge in [0.1, 0.15) is 0 Å². The van der Waals surface area contributed by atoms with Crippen molar-refractivity contribution in [3.63, 3.8) is 0 Å². The van der Waals surface area contributed by atoms with Crippen molar-refractivity contribution >= 4 is 0 Å². The summed E-state index contributed by atoms with van der Waals surface area (Å²) in [7, 11) is 0. The molecule has 2 atom stereocenters. The summed E-state index contributed by atoms with van der Waals surface area (Å²) in [5.41, 5.74) is 2.82. The fourth-order valence-electron chi connectivity index (χ4n) is 2.86. The van der Waals surface area contributed by atoms with Crippen LogP contribution in [0, 0.1) is 0 Å². The molecule has 0 saturated carbocycles. The fourth-order valence-corrected chi connectivity index (χ4v) is 2.86. The van der Waals surface area contributed by atoms with Crippen LogP contribution < -0.4 is 5.32 Å². The van der Waals surface area contributed by atoms with E-state index in [0.29, 0.717) is 18.1 Å². The third kappa shape index (κ3) is 4.32. The van der Waals surface area contributed by atoms with Crippen LogP contribution in [0.2, 0.25) is 0 Å². The van der Waals surface area contributed by atoms with Crippen LogP contribution in [0.5, 0.6) is 0 Å². The summed E-state index contributed by atoms with van der Waals surface area (Å²) in [6.07, 6.45) is 5.15. The molecule has 1 saturated heterocycles. The smallest absolute Gasteiger partial charge is 0.0594 e. The number of rotatable bonds is 7. The largest absolute Gasteiger partial charge is 0.378 e. The van der Waals surface area contributed by atoms with E-state index < -0.39 is 0 Å². The van der Waals surface area contributed by atoms with Gasteiger partial charge in [0.25, 0.3) is 0 Å². The maximum Gasteiger partial charge on any atom is 0.0594 e. The Kier molecular flexibility index (Phi) is 6.06. The first-order chi connectivity index (χ1) is 9.70. The molecule has 1 N–H and O–H groups in total. The van der Waals surface area contributed by atoms with Gasteiger partial charge in [0.2, 0.25) is 0 Å². The standard InChI is InChI=1S/C18H29NO/c1-4-11-19-18(13-17-6-5-12-20-17)16-9-7-15(8-10-16)14(2)3/h7-10,14,17-19H,4-6,11-13H2,1-3H3. The van der Waals surface area contributed by atoms with Crippen LogP contribution in [-0.2, 0) is 4.74 Å². The van der Waals surface area contributed by atoms with Gasteiger partial charge in [-0.25, -0.2) is 0 Å². The summed E-state index contributed by atoms with van der Waals surface area (Å²) < 4.78 is 5.81. The maximum atomic E-state index is 5.81. The van der Waals surface area contributed by atoms with Gasteiger partial charge < -0.3 is 10.1 Å². The Balaban J connectivity index is 2.03. The summed E-state index contributed by atoms with van der Waals surface area (Å²) in [5, 5.41) is 3.68. The van der Waals surface area contributed by atoms with Gasteiger partial charge in [-0.1, -0.05) is 45.0 Å². The third-order valence-electron chi connectivity index (χ3n) is 4.17. The molecule has 20 heavy (non-hydrogen) atoms. The predicted molar refractivity (Wildman–Crippen MR) is 85.2 cm³/mol. The van der Waals surface area contributed by atoms with E-state index in [1.807, 2.05) is 0 Å². The number of hydrogen-bond donors (Lipinski definition) is 1. The fraction of sp³-hybridized carbons (Fsp3) is 0.667. The van der Waals surface area contributed by atoms with Crippen molar-refractivity contribution in [2.45, 2.75) is 64.5 Å². The third-order valence-corrected chi connectivity index (χ3v) is 4.17. The number of hydrogen-bond acceptors (Lipinski definition) is 2. The van der Waals surface area contributed by atoms with Gasteiger partial charge >= 0.3 is 0 Å². The first-order valence-electron chi connectivity index (χ1n) is 8.15. The van der Waals surface area contributed by atoms with Gasteiger partial charge in [0, 0.05) is 12.6 Å². The van der Waals surface area contributed by atoms with E-state index in [9.17, 15) is 0 Å². The number of benzene rings is 1. The van der Waals surface area contributed by atoms with E-state index in [4.69, 9.17) is 4.74 Å². The Morgan fingerprint density at radius 2 is 1.90 bits per heavy atom. The van der Waals surface area contributed by atoms with Crippen LogP contribution in [0.25, 0.3) is 0 Å². The van der Waals surface area contributed by atoms with Crippen molar-refractivity contribution in [2.75, 3.05) is 13.2 Å². The quantitative estimate of drug-likeness (QED) is 0.795. The Labute approximate surface area is 123 Å². The lowest BCUT2D eigenvalue weighted by molar-refractivity contribution is 0.0946. The molecular weight excluding hydrogens is 246 g/mol. The molecule has 2 nitrogen and oxygen atoms in total. The zero-order valence-corrected chi connectivity index (χ0v) is 13.2. The second-order valence-electron chi connectivity index (χ2n) is 6.20. The summed E-state index contributed by atoms with van der Waals surface area (Å²) in [4.78, 5) is 0. The second-order valence-corrected chi connectivity index (χ2v) is 6.20. The molecule has 0 bridgehead atoms. The Morgan fingerprint density at radius 3 is 2.45 bits per heavy atom. The molecule has 1 aliphatic rings. The van der Waals surface area contributed by atoms with Gasteiger partial charge in [-0.05, 0) is 49.3 Å². The zero-order valence-electron chi connectivity index (χ0n) is 13.2. The lowest BCUT2D eigenvalue weighted by Gasteiger charge is -2.22. The van der Waals surface area contributed by atoms with Crippen LogP contribution in [0.1, 0.15) is 69.5 Å². The minimum atomic E-state index is 0.430. The molecule has 0 spiro atoms. The van der Waals surface area contributed by atoms with Gasteiger partial charge in [0.05, 0.1) is 6.10 Å². The van der Waals surface area contributed by atoms with Gasteiger partial charge in [-0.2, -0.15) is 0 Å². The molecule has 0 amide bonds. The summed E-state index contributed by atoms with van der Waals surface area (Å²) in [6.45, 7) is 8.72. The highest BCUT2D eigenvalue weighted by atomic mass is 16.5. The normalized spacial score (nSPS) is 20.5. The predicted octanol–water partition coefficient (Wildman–Crippen LogP) is 4.42. The van der Waals surface area contributed by atoms with Crippen LogP contribution in [0.4, 0.5) is 0 Å². The molecule has 2 heteroatoms. The molecule has 1 aromatic rings. The molecule has 0 radical (unpaired) electrons. The highest BCUT2D eigenvalue weighted by molar-refractivity contribution is 5.27. The summed E-state index contributed by atoms with van der Waals surface area (Å²) >= 11 is 0. The van der Waals surface area contributed by atoms with Gasteiger partial charge in [-0.15, -0.1) is 0 Å². The van der Waals surface area contributed by atoms with Crippen LogP contribution in [0.3, 0.4) is 0 Å². The zero-order chi connectivity index (χ0) is 14.4. The van der Waals surface area contributed by atoms with Crippen molar-refractivity contribution in [2.24, 2.45) is 0 Å². The molecule has 1 aromatic carbocycles. The molecule has 0 aromatic heterocycles. The molecule has 1 aliphatic heterocycles. The highest BCUT2D eigenvalue weighted by Crippen LogP contribution is 2.26. The monoisotopic (exact) mass is 275 g/mol. The minimum absolute atomic E-state index is 0.430. The van der Waals surface area contributed by atoms with E-state index >= 15 is 0 Å². The SMILES string of the molecule is CCCNC(CC1CCCO1)c1ccc(C(C)C)cc1. The lowest BCUT2D eigenvalue weighted by atomic mass is 9.95. The molecular formula is C18H29NO. The van der Waals surface area contributed by atoms with E-state index in [2.05, 4.69) is 50.4 Å². The maximum absolute atomic E-state index is 5.81. The van der Waals surface area contributed by atoms with E-state index in [-0.39, 0.29) is 0 Å². The van der Waals surface area contributed by atoms with Gasteiger partial charge in [-0.3, -0.25) is 0 Å². The Morgan fingerprint density at radius 1 is 1.20 bits per heavy atom. The molecule has 1 heterocycles. The Bertz CT molecular complexity index is 379. The first-order valence-corrected chi connectivity index (χ1v) is 8.15. The Hall–Kier alpha value is -0.860. The topological polar surface area (TPSA) is 21.3 Å². The van der Waals surface area contributed by atoms with Crippen LogP contribution >= 0.6 is 0 Å². The summed E-state index contributed by atoms with van der Waals surface area (Å²) in [6, 6.07) is 9.56. The first kappa shape index (κ1) is 15.5. The van der Waals surface area contributed by atoms with Crippen LogP contribution in [0.15, 0.2) is 24.3 Å². The van der Waals surface area contributed by atoms with Crippen molar-refractivity contribution in [1.82, 2.24) is 5.32 Å². The minimum Gasteiger partial charge on any atom is -0.378 e. The van der Waals surface area contributed by atoms with E-state index in [0.717, 1.165) is 19.6 Å².